The zero-order valence-corrected chi connectivity index (χ0v) is 14.1. The maximum atomic E-state index is 11.9. The van der Waals surface area contributed by atoms with Crippen molar-refractivity contribution in [1.29, 1.82) is 0 Å². The van der Waals surface area contributed by atoms with Crippen molar-refractivity contribution in [2.24, 2.45) is 0 Å². The Hall–Kier alpha value is -1.66. The Labute approximate surface area is 135 Å². The molecule has 0 spiro atoms. The Balaban J connectivity index is 2.36. The van der Waals surface area contributed by atoms with Crippen LogP contribution in [-0.2, 0) is 11.3 Å². The molecule has 2 aromatic rings. The number of nitrogens with zero attached hydrogens (tertiary/aromatic N) is 4. The molecule has 2 heterocycles. The molecule has 0 aromatic carbocycles. The van der Waals surface area contributed by atoms with Crippen LogP contribution in [0, 0.1) is 6.92 Å². The summed E-state index contributed by atoms with van der Waals surface area (Å²) in [7, 11) is 4.07. The minimum Gasteiger partial charge on any atom is -0.462 e. The zero-order valence-electron chi connectivity index (χ0n) is 13.4. The number of carbonyl (C=O) groups is 1. The SMILES string of the molecule is CCOC(=O)c1cnc2c(c(C)nn2CCCN(C)C)c1Cl. The first kappa shape index (κ1) is 16.7. The van der Waals surface area contributed by atoms with Crippen LogP contribution in [-0.4, -0.2) is 52.9 Å². The van der Waals surface area contributed by atoms with E-state index in [1.54, 1.807) is 6.92 Å². The molecule has 0 saturated heterocycles. The minimum absolute atomic E-state index is 0.284. The molecular formula is C15H21ClN4O2. The predicted molar refractivity (Wildman–Crippen MR) is 86.4 cm³/mol. The van der Waals surface area contributed by atoms with Gasteiger partial charge >= 0.3 is 5.97 Å². The van der Waals surface area contributed by atoms with E-state index in [0.717, 1.165) is 30.6 Å². The van der Waals surface area contributed by atoms with Gasteiger partial charge in [-0.3, -0.25) is 0 Å². The third kappa shape index (κ3) is 3.39. The quantitative estimate of drug-likeness (QED) is 0.764. The number of hydrogen-bond acceptors (Lipinski definition) is 5. The van der Waals surface area contributed by atoms with Gasteiger partial charge < -0.3 is 9.64 Å². The Kier molecular flexibility index (Phi) is 5.37. The highest BCUT2D eigenvalue weighted by atomic mass is 35.5. The van der Waals surface area contributed by atoms with Crippen molar-refractivity contribution in [2.45, 2.75) is 26.8 Å². The molecule has 0 saturated carbocycles. The number of halogens is 1. The van der Waals surface area contributed by atoms with Gasteiger partial charge in [-0.1, -0.05) is 11.6 Å². The molecule has 0 unspecified atom stereocenters. The molecule has 7 heteroatoms. The van der Waals surface area contributed by atoms with Crippen molar-refractivity contribution in [1.82, 2.24) is 19.7 Å². The van der Waals surface area contributed by atoms with Crippen LogP contribution >= 0.6 is 11.6 Å². The summed E-state index contributed by atoms with van der Waals surface area (Å²) in [4.78, 5) is 18.4. The van der Waals surface area contributed by atoms with Gasteiger partial charge in [0.25, 0.3) is 0 Å². The second-order valence-electron chi connectivity index (χ2n) is 5.37. The zero-order chi connectivity index (χ0) is 16.3. The first-order valence-electron chi connectivity index (χ1n) is 7.29. The first-order chi connectivity index (χ1) is 10.5. The van der Waals surface area contributed by atoms with E-state index >= 15 is 0 Å². The summed E-state index contributed by atoms with van der Waals surface area (Å²) < 4.78 is 6.84. The second-order valence-corrected chi connectivity index (χ2v) is 5.75. The molecule has 0 fully saturated rings. The fourth-order valence-corrected chi connectivity index (χ4v) is 2.67. The summed E-state index contributed by atoms with van der Waals surface area (Å²) in [6.45, 7) is 5.65. The molecule has 0 bridgehead atoms. The fourth-order valence-electron chi connectivity index (χ4n) is 2.32. The van der Waals surface area contributed by atoms with Crippen LogP contribution < -0.4 is 0 Å². The van der Waals surface area contributed by atoms with Gasteiger partial charge in [-0.05, 0) is 40.9 Å². The largest absolute Gasteiger partial charge is 0.462 e. The highest BCUT2D eigenvalue weighted by Gasteiger charge is 2.19. The van der Waals surface area contributed by atoms with E-state index in [9.17, 15) is 4.79 Å². The summed E-state index contributed by atoms with van der Waals surface area (Å²) in [6, 6.07) is 0. The standard InChI is InChI=1S/C15H21ClN4O2/c1-5-22-15(21)11-9-17-14-12(13(11)16)10(2)18-20(14)8-6-7-19(3)4/h9H,5-8H2,1-4H3. The number of pyridine rings is 1. The summed E-state index contributed by atoms with van der Waals surface area (Å²) in [5, 5.41) is 5.57. The Morgan fingerprint density at radius 2 is 2.18 bits per heavy atom. The van der Waals surface area contributed by atoms with E-state index in [4.69, 9.17) is 16.3 Å². The molecule has 0 aliphatic rings. The number of fused-ring (bicyclic) bond motifs is 1. The molecule has 22 heavy (non-hydrogen) atoms. The number of esters is 1. The normalized spacial score (nSPS) is 11.4. The molecule has 0 radical (unpaired) electrons. The monoisotopic (exact) mass is 324 g/mol. The maximum Gasteiger partial charge on any atom is 0.341 e. The third-order valence-electron chi connectivity index (χ3n) is 3.34. The van der Waals surface area contributed by atoms with Gasteiger partial charge in [0, 0.05) is 12.7 Å². The van der Waals surface area contributed by atoms with Crippen molar-refractivity contribution >= 4 is 28.6 Å². The third-order valence-corrected chi connectivity index (χ3v) is 3.74. The van der Waals surface area contributed by atoms with Gasteiger partial charge in [0.05, 0.1) is 28.3 Å². The van der Waals surface area contributed by atoms with Gasteiger partial charge in [-0.25, -0.2) is 14.5 Å². The molecule has 0 atom stereocenters. The van der Waals surface area contributed by atoms with Crippen LogP contribution in [0.15, 0.2) is 6.20 Å². The lowest BCUT2D eigenvalue weighted by Crippen LogP contribution is -2.15. The number of carbonyl (C=O) groups excluding carboxylic acids is 1. The summed E-state index contributed by atoms with van der Waals surface area (Å²) in [5.74, 6) is -0.457. The number of hydrogen-bond donors (Lipinski definition) is 0. The van der Waals surface area contributed by atoms with Crippen molar-refractivity contribution < 1.29 is 9.53 Å². The Bertz CT molecular complexity index is 682. The summed E-state index contributed by atoms with van der Waals surface area (Å²) in [6.07, 6.45) is 2.42. The topological polar surface area (TPSA) is 60.2 Å². The van der Waals surface area contributed by atoms with Crippen LogP contribution in [0.25, 0.3) is 11.0 Å². The Morgan fingerprint density at radius 3 is 2.82 bits per heavy atom. The lowest BCUT2D eigenvalue weighted by atomic mass is 10.2. The average Bonchev–Trinajstić information content (AvgIpc) is 2.76. The van der Waals surface area contributed by atoms with Crippen LogP contribution in [0.3, 0.4) is 0 Å². The first-order valence-corrected chi connectivity index (χ1v) is 7.67. The fraction of sp³-hybridized carbons (Fsp3) is 0.533. The van der Waals surface area contributed by atoms with Gasteiger partial charge in [-0.2, -0.15) is 5.10 Å². The van der Waals surface area contributed by atoms with Crippen LogP contribution in [0.1, 0.15) is 29.4 Å². The van der Waals surface area contributed by atoms with Crippen LogP contribution in [0.2, 0.25) is 5.02 Å². The van der Waals surface area contributed by atoms with E-state index in [1.807, 2.05) is 25.7 Å². The van der Waals surface area contributed by atoms with Crippen LogP contribution in [0.4, 0.5) is 0 Å². The molecule has 0 aliphatic carbocycles. The van der Waals surface area contributed by atoms with Gasteiger partial charge in [0.1, 0.15) is 0 Å². The van der Waals surface area contributed by atoms with E-state index in [1.165, 1.54) is 6.20 Å². The molecule has 0 amide bonds. The average molecular weight is 325 g/mol. The highest BCUT2D eigenvalue weighted by Crippen LogP contribution is 2.29. The van der Waals surface area contributed by atoms with Gasteiger partial charge in [0.2, 0.25) is 0 Å². The lowest BCUT2D eigenvalue weighted by molar-refractivity contribution is 0.0526. The summed E-state index contributed by atoms with van der Waals surface area (Å²) in [5.41, 5.74) is 1.75. The van der Waals surface area contributed by atoms with E-state index in [2.05, 4.69) is 15.0 Å². The Morgan fingerprint density at radius 1 is 1.45 bits per heavy atom. The lowest BCUT2D eigenvalue weighted by Gasteiger charge is -2.09. The van der Waals surface area contributed by atoms with Crippen molar-refractivity contribution in [2.75, 3.05) is 27.2 Å². The molecule has 2 aromatic heterocycles. The van der Waals surface area contributed by atoms with Gasteiger partial charge in [0.15, 0.2) is 5.65 Å². The maximum absolute atomic E-state index is 11.9. The van der Waals surface area contributed by atoms with Gasteiger partial charge in [-0.15, -0.1) is 0 Å². The van der Waals surface area contributed by atoms with E-state index < -0.39 is 5.97 Å². The number of rotatable bonds is 6. The summed E-state index contributed by atoms with van der Waals surface area (Å²) >= 11 is 6.37. The predicted octanol–water partition coefficient (Wildman–Crippen LogP) is 2.52. The molecule has 0 aliphatic heterocycles. The van der Waals surface area contributed by atoms with Crippen molar-refractivity contribution in [3.8, 4) is 0 Å². The van der Waals surface area contributed by atoms with E-state index in [-0.39, 0.29) is 5.56 Å². The molecule has 2 rings (SSSR count). The molecular weight excluding hydrogens is 304 g/mol. The number of aromatic nitrogens is 3. The van der Waals surface area contributed by atoms with Crippen molar-refractivity contribution in [3.05, 3.63) is 22.5 Å². The highest BCUT2D eigenvalue weighted by molar-refractivity contribution is 6.38. The smallest absolute Gasteiger partial charge is 0.341 e. The van der Waals surface area contributed by atoms with Crippen molar-refractivity contribution in [3.63, 3.8) is 0 Å². The molecule has 6 nitrogen and oxygen atoms in total. The molecule has 120 valence electrons. The van der Waals surface area contributed by atoms with E-state index in [0.29, 0.717) is 17.3 Å². The number of ether oxygens (including phenoxy) is 1. The second kappa shape index (κ2) is 7.07. The minimum atomic E-state index is -0.457. The van der Waals surface area contributed by atoms with Crippen LogP contribution in [0.5, 0.6) is 0 Å². The number of aryl methyl sites for hydroxylation is 2. The molecule has 0 N–H and O–H groups in total.